The van der Waals surface area contributed by atoms with Crippen molar-refractivity contribution in [2.24, 2.45) is 4.99 Å². The van der Waals surface area contributed by atoms with Gasteiger partial charge in [-0.2, -0.15) is 0 Å². The summed E-state index contributed by atoms with van der Waals surface area (Å²) in [6.07, 6.45) is 1.71. The predicted octanol–water partition coefficient (Wildman–Crippen LogP) is 5.13. The smallest absolute Gasteiger partial charge is 0.271 e. The molecule has 10 nitrogen and oxygen atoms in total. The molecule has 0 atom stereocenters. The second kappa shape index (κ2) is 11.6. The van der Waals surface area contributed by atoms with Crippen LogP contribution in [0.3, 0.4) is 0 Å². The molecule has 2 amide bonds. The summed E-state index contributed by atoms with van der Waals surface area (Å²) < 4.78 is 11.0. The van der Waals surface area contributed by atoms with E-state index in [4.69, 9.17) is 9.47 Å². The Hall–Kier alpha value is -4.64. The van der Waals surface area contributed by atoms with E-state index in [1.807, 2.05) is 32.0 Å². The van der Waals surface area contributed by atoms with Crippen molar-refractivity contribution in [3.05, 3.63) is 92.4 Å². The molecule has 1 heterocycles. The maximum Gasteiger partial charge on any atom is 0.271 e. The van der Waals surface area contributed by atoms with Gasteiger partial charge < -0.3 is 20.1 Å². The highest BCUT2D eigenvalue weighted by Gasteiger charge is 2.24. The molecule has 0 aromatic heterocycles. The maximum atomic E-state index is 12.5. The Morgan fingerprint density at radius 2 is 1.95 bits per heavy atom. The van der Waals surface area contributed by atoms with Gasteiger partial charge in [0, 0.05) is 17.8 Å². The highest BCUT2D eigenvalue weighted by molar-refractivity contribution is 8.18. The number of amides is 2. The average molecular weight is 533 g/mol. The summed E-state index contributed by atoms with van der Waals surface area (Å²) in [5.41, 5.74) is 3.80. The molecule has 11 heteroatoms. The Morgan fingerprint density at radius 3 is 2.68 bits per heavy atom. The first-order chi connectivity index (χ1) is 18.2. The Labute approximate surface area is 222 Å². The van der Waals surface area contributed by atoms with Crippen LogP contribution in [0.2, 0.25) is 0 Å². The predicted molar refractivity (Wildman–Crippen MR) is 147 cm³/mol. The zero-order chi connectivity index (χ0) is 27.2. The third-order valence-corrected chi connectivity index (χ3v) is 6.32. The monoisotopic (exact) mass is 532 g/mol. The van der Waals surface area contributed by atoms with Gasteiger partial charge in [0.05, 0.1) is 22.6 Å². The van der Waals surface area contributed by atoms with Crippen molar-refractivity contribution >= 4 is 51.9 Å². The van der Waals surface area contributed by atoms with Crippen LogP contribution in [-0.4, -0.2) is 35.6 Å². The lowest BCUT2D eigenvalue weighted by molar-refractivity contribution is -0.384. The van der Waals surface area contributed by atoms with Gasteiger partial charge in [0.2, 0.25) is 0 Å². The van der Waals surface area contributed by atoms with Gasteiger partial charge in [-0.15, -0.1) is 0 Å². The van der Waals surface area contributed by atoms with Gasteiger partial charge in [-0.3, -0.25) is 19.7 Å². The van der Waals surface area contributed by atoms with Crippen molar-refractivity contribution in [1.29, 1.82) is 0 Å². The molecule has 1 aliphatic rings. The molecule has 0 bridgehead atoms. The Morgan fingerprint density at radius 1 is 1.13 bits per heavy atom. The highest BCUT2D eigenvalue weighted by Crippen LogP contribution is 2.33. The number of nitrogens with zero attached hydrogens (tertiary/aromatic N) is 2. The fraction of sp³-hybridized carbons (Fsp3) is 0.148. The fourth-order valence-corrected chi connectivity index (χ4v) is 4.44. The van der Waals surface area contributed by atoms with E-state index in [9.17, 15) is 19.7 Å². The van der Waals surface area contributed by atoms with E-state index < -0.39 is 10.8 Å². The molecule has 0 radical (unpaired) electrons. The number of rotatable bonds is 8. The average Bonchev–Trinajstić information content (AvgIpc) is 3.23. The molecule has 1 fully saturated rings. The van der Waals surface area contributed by atoms with Crippen molar-refractivity contribution in [2.45, 2.75) is 13.8 Å². The summed E-state index contributed by atoms with van der Waals surface area (Å²) >= 11 is 1.24. The number of nitrogens with one attached hydrogen (secondary N) is 2. The van der Waals surface area contributed by atoms with Crippen LogP contribution >= 0.6 is 11.8 Å². The van der Waals surface area contributed by atoms with Gasteiger partial charge in [0.1, 0.15) is 0 Å². The van der Waals surface area contributed by atoms with Crippen molar-refractivity contribution in [2.75, 3.05) is 19.0 Å². The van der Waals surface area contributed by atoms with Crippen molar-refractivity contribution in [3.8, 4) is 11.5 Å². The van der Waals surface area contributed by atoms with Crippen LogP contribution in [0.25, 0.3) is 6.08 Å². The second-order valence-electron chi connectivity index (χ2n) is 8.33. The zero-order valence-electron chi connectivity index (χ0n) is 20.8. The second-order valence-corrected chi connectivity index (χ2v) is 9.36. The highest BCUT2D eigenvalue weighted by atomic mass is 32.2. The number of thioether (sulfide) groups is 1. The topological polar surface area (TPSA) is 132 Å². The minimum absolute atomic E-state index is 0.132. The standard InChI is InChI=1S/C27H24N4O6S/c1-16-7-9-21(17(2)11-16)29-27-30-26(33)24(38-27)13-18-8-10-22(23(12-18)36-3)37-15-25(32)28-19-5-4-6-20(14-19)31(34)35/h4-14H,15H2,1-3H3,(H,28,32)(H,29,30,33)/b24-13+. The number of aliphatic imine (C=N–C) groups is 1. The van der Waals surface area contributed by atoms with Crippen LogP contribution < -0.4 is 20.1 Å². The summed E-state index contributed by atoms with van der Waals surface area (Å²) in [5.74, 6) is -0.0522. The number of methoxy groups -OCH3 is 1. The molecule has 1 aliphatic heterocycles. The van der Waals surface area contributed by atoms with E-state index in [0.717, 1.165) is 16.8 Å². The van der Waals surface area contributed by atoms with E-state index >= 15 is 0 Å². The first-order valence-electron chi connectivity index (χ1n) is 11.4. The minimum Gasteiger partial charge on any atom is -0.493 e. The largest absolute Gasteiger partial charge is 0.493 e. The molecule has 2 N–H and O–H groups in total. The van der Waals surface area contributed by atoms with E-state index in [1.165, 1.54) is 37.1 Å². The Kier molecular flexibility index (Phi) is 8.07. The van der Waals surface area contributed by atoms with Crippen LogP contribution in [0.4, 0.5) is 17.1 Å². The number of hydrogen-bond donors (Lipinski definition) is 2. The molecule has 194 valence electrons. The number of carbonyl (C=O) groups is 2. The van der Waals surface area contributed by atoms with Crippen LogP contribution in [-0.2, 0) is 9.59 Å². The zero-order valence-corrected chi connectivity index (χ0v) is 21.6. The molecule has 3 aromatic carbocycles. The fourth-order valence-electron chi connectivity index (χ4n) is 3.60. The number of carbonyl (C=O) groups excluding carboxylic acids is 2. The maximum absolute atomic E-state index is 12.5. The molecule has 4 rings (SSSR count). The number of nitro groups is 1. The lowest BCUT2D eigenvalue weighted by Crippen LogP contribution is -2.20. The third-order valence-electron chi connectivity index (χ3n) is 5.41. The summed E-state index contributed by atoms with van der Waals surface area (Å²) in [5, 5.41) is 16.7. The first kappa shape index (κ1) is 26.4. The van der Waals surface area contributed by atoms with Gasteiger partial charge >= 0.3 is 0 Å². The Bertz CT molecular complexity index is 1480. The van der Waals surface area contributed by atoms with Crippen LogP contribution in [0, 0.1) is 24.0 Å². The van der Waals surface area contributed by atoms with Crippen molar-refractivity contribution in [1.82, 2.24) is 5.32 Å². The van der Waals surface area contributed by atoms with Gasteiger partial charge in [-0.25, -0.2) is 4.99 Å². The van der Waals surface area contributed by atoms with E-state index in [1.54, 1.807) is 30.3 Å². The number of hydrogen-bond acceptors (Lipinski definition) is 8. The van der Waals surface area contributed by atoms with E-state index in [2.05, 4.69) is 15.6 Å². The SMILES string of the molecule is COc1cc(/C=C2/SC(=Nc3ccc(C)cc3C)NC2=O)ccc1OCC(=O)Nc1cccc([N+](=O)[O-])c1. The summed E-state index contributed by atoms with van der Waals surface area (Å²) in [6.45, 7) is 3.64. The molecule has 0 spiro atoms. The molecular weight excluding hydrogens is 508 g/mol. The molecule has 3 aromatic rings. The lowest BCUT2D eigenvalue weighted by Gasteiger charge is -2.11. The number of anilines is 1. The van der Waals surface area contributed by atoms with Crippen LogP contribution in [0.5, 0.6) is 11.5 Å². The quantitative estimate of drug-likeness (QED) is 0.233. The summed E-state index contributed by atoms with van der Waals surface area (Å²) in [7, 11) is 1.47. The normalized spacial score (nSPS) is 14.9. The summed E-state index contributed by atoms with van der Waals surface area (Å²) in [6, 6.07) is 16.6. The van der Waals surface area contributed by atoms with E-state index in [-0.39, 0.29) is 23.9 Å². The van der Waals surface area contributed by atoms with Gasteiger partial charge in [-0.1, -0.05) is 29.8 Å². The Balaban J connectivity index is 1.42. The van der Waals surface area contributed by atoms with E-state index in [0.29, 0.717) is 27.1 Å². The molecule has 38 heavy (non-hydrogen) atoms. The number of benzene rings is 3. The molecule has 0 unspecified atom stereocenters. The number of ether oxygens (including phenoxy) is 2. The van der Waals surface area contributed by atoms with Gasteiger partial charge in [0.15, 0.2) is 23.3 Å². The van der Waals surface area contributed by atoms with Crippen molar-refractivity contribution in [3.63, 3.8) is 0 Å². The minimum atomic E-state index is -0.541. The first-order valence-corrected chi connectivity index (χ1v) is 12.3. The number of nitro benzene ring substituents is 1. The third kappa shape index (κ3) is 6.56. The number of non-ortho nitro benzene ring substituents is 1. The molecule has 1 saturated heterocycles. The number of amidine groups is 1. The number of aryl methyl sites for hydroxylation is 2. The lowest BCUT2D eigenvalue weighted by atomic mass is 10.1. The van der Waals surface area contributed by atoms with Crippen molar-refractivity contribution < 1.29 is 24.0 Å². The molecule has 0 saturated carbocycles. The van der Waals surface area contributed by atoms with Gasteiger partial charge in [0.25, 0.3) is 17.5 Å². The van der Waals surface area contributed by atoms with Crippen LogP contribution in [0.1, 0.15) is 16.7 Å². The molecule has 0 aliphatic carbocycles. The molecular formula is C27H24N4O6S. The van der Waals surface area contributed by atoms with Crippen LogP contribution in [0.15, 0.2) is 70.6 Å². The summed E-state index contributed by atoms with van der Waals surface area (Å²) in [4.78, 5) is 40.2. The van der Waals surface area contributed by atoms with Gasteiger partial charge in [-0.05, 0) is 67.1 Å².